The van der Waals surface area contributed by atoms with Gasteiger partial charge >= 0.3 is 6.85 Å². The number of rotatable bonds is 4. The Balaban J connectivity index is 0.951. The maximum atomic E-state index is 2.82. The zero-order chi connectivity index (χ0) is 46.1. The van der Waals surface area contributed by atoms with E-state index < -0.39 is 0 Å². The molecule has 6 bridgehead atoms. The van der Waals surface area contributed by atoms with E-state index in [2.05, 4.69) is 162 Å². The molecule has 2 aromatic heterocycles. The summed E-state index contributed by atoms with van der Waals surface area (Å²) in [5.74, 6) is 5.57. The minimum absolute atomic E-state index is 0.00785. The largest absolute Gasteiger partial charge is 0.376 e. The van der Waals surface area contributed by atoms with Gasteiger partial charge in [0.1, 0.15) is 0 Å². The lowest BCUT2D eigenvalue weighted by atomic mass is 9.43. The number of benzene rings is 8. The SMILES string of the molecule is Cc1cc2c3c(c1)-n1c4ccc(C56CCC7CC(CC7C5)C6)cc4c4cc(C56CCC7CC(CC7C5)C6)cc(c41)B3N(c1ccc(-c3ccccc3)cc1)c1ccc3sc4cc5ccccc5cc4c3c1-2. The Morgan fingerprint density at radius 2 is 1.24 bits per heavy atom. The van der Waals surface area contributed by atoms with Crippen molar-refractivity contribution in [1.82, 2.24) is 4.57 Å². The van der Waals surface area contributed by atoms with Crippen LogP contribution in [0.1, 0.15) is 93.7 Å². The third kappa shape index (κ3) is 5.21. The summed E-state index contributed by atoms with van der Waals surface area (Å²) in [6.45, 7) is 2.37. The van der Waals surface area contributed by atoms with E-state index in [1.807, 2.05) is 11.3 Å². The van der Waals surface area contributed by atoms with Gasteiger partial charge in [0.15, 0.2) is 0 Å². The Labute approximate surface area is 420 Å². The lowest BCUT2D eigenvalue weighted by Crippen LogP contribution is -2.61. The molecular formula is C67H57BN2S. The molecule has 8 aliphatic rings. The Morgan fingerprint density at radius 3 is 2.01 bits per heavy atom. The second-order valence-corrected chi connectivity index (χ2v) is 25.8. The van der Waals surface area contributed by atoms with Gasteiger partial charge in [-0.3, -0.25) is 0 Å². The molecule has 18 rings (SSSR count). The van der Waals surface area contributed by atoms with Crippen LogP contribution in [0.2, 0.25) is 0 Å². The minimum Gasteiger partial charge on any atom is -0.376 e. The molecule has 2 aliphatic heterocycles. The van der Waals surface area contributed by atoms with Crippen LogP contribution in [0.15, 0.2) is 146 Å². The summed E-state index contributed by atoms with van der Waals surface area (Å²) >= 11 is 1.96. The lowest BCUT2D eigenvalue weighted by molar-refractivity contribution is 0.139. The van der Waals surface area contributed by atoms with Crippen molar-refractivity contribution in [2.75, 3.05) is 4.81 Å². The molecule has 0 radical (unpaired) electrons. The highest BCUT2D eigenvalue weighted by molar-refractivity contribution is 7.26. The third-order valence-electron chi connectivity index (χ3n) is 21.3. The number of hydrogen-bond acceptors (Lipinski definition) is 2. The summed E-state index contributed by atoms with van der Waals surface area (Å²) in [6.07, 6.45) is 17.1. The van der Waals surface area contributed by atoms with Gasteiger partial charge < -0.3 is 9.38 Å². The third-order valence-corrected chi connectivity index (χ3v) is 22.4. The van der Waals surface area contributed by atoms with E-state index in [1.54, 1.807) is 11.1 Å². The second kappa shape index (κ2) is 13.7. The number of anilines is 2. The van der Waals surface area contributed by atoms with Crippen LogP contribution >= 0.6 is 11.3 Å². The molecule has 71 heavy (non-hydrogen) atoms. The van der Waals surface area contributed by atoms with Crippen molar-refractivity contribution in [1.29, 1.82) is 0 Å². The van der Waals surface area contributed by atoms with Gasteiger partial charge in [0.2, 0.25) is 0 Å². The lowest BCUT2D eigenvalue weighted by Gasteiger charge is -2.47. The topological polar surface area (TPSA) is 8.17 Å². The highest BCUT2D eigenvalue weighted by Crippen LogP contribution is 2.64. The van der Waals surface area contributed by atoms with Gasteiger partial charge in [0.05, 0.1) is 11.0 Å². The average Bonchev–Trinajstić information content (AvgIpc) is 4.08. The molecule has 0 N–H and O–H groups in total. The quantitative estimate of drug-likeness (QED) is 0.160. The number of nitrogens with zero attached hydrogens (tertiary/aromatic N) is 2. The summed E-state index contributed by atoms with van der Waals surface area (Å²) < 4.78 is 5.52. The van der Waals surface area contributed by atoms with Gasteiger partial charge in [-0.1, -0.05) is 84.9 Å². The molecule has 0 spiro atoms. The second-order valence-electron chi connectivity index (χ2n) is 24.8. The van der Waals surface area contributed by atoms with E-state index in [-0.39, 0.29) is 12.3 Å². The highest BCUT2D eigenvalue weighted by atomic mass is 32.1. The van der Waals surface area contributed by atoms with E-state index in [4.69, 9.17) is 0 Å². The molecule has 4 heteroatoms. The molecule has 6 fully saturated rings. The zero-order valence-corrected chi connectivity index (χ0v) is 41.5. The molecule has 0 saturated heterocycles. The monoisotopic (exact) mass is 932 g/mol. The van der Waals surface area contributed by atoms with Gasteiger partial charge in [0.25, 0.3) is 0 Å². The van der Waals surface area contributed by atoms with Crippen LogP contribution < -0.4 is 15.7 Å². The first-order valence-electron chi connectivity index (χ1n) is 27.5. The molecule has 8 unspecified atom stereocenters. The summed E-state index contributed by atoms with van der Waals surface area (Å²) in [4.78, 5) is 2.81. The van der Waals surface area contributed by atoms with Crippen molar-refractivity contribution in [3.05, 3.63) is 162 Å². The first kappa shape index (κ1) is 39.5. The molecule has 4 heterocycles. The van der Waals surface area contributed by atoms with E-state index in [0.29, 0.717) is 5.41 Å². The number of aromatic nitrogens is 1. The molecule has 6 aliphatic carbocycles. The smallest absolute Gasteiger partial charge is 0.333 e. The van der Waals surface area contributed by atoms with Gasteiger partial charge in [-0.15, -0.1) is 11.3 Å². The van der Waals surface area contributed by atoms with Crippen LogP contribution in [0.5, 0.6) is 0 Å². The molecule has 6 saturated carbocycles. The first-order chi connectivity index (χ1) is 34.9. The van der Waals surface area contributed by atoms with Crippen molar-refractivity contribution in [3.63, 3.8) is 0 Å². The Morgan fingerprint density at radius 1 is 0.549 bits per heavy atom. The van der Waals surface area contributed by atoms with E-state index in [1.165, 1.54) is 186 Å². The van der Waals surface area contributed by atoms with Crippen molar-refractivity contribution in [3.8, 4) is 27.9 Å². The van der Waals surface area contributed by atoms with Gasteiger partial charge in [-0.05, 0) is 246 Å². The first-order valence-corrected chi connectivity index (χ1v) is 28.4. The maximum Gasteiger partial charge on any atom is 0.333 e. The number of thiophene rings is 1. The molecule has 8 aromatic carbocycles. The Kier molecular flexibility index (Phi) is 7.62. The van der Waals surface area contributed by atoms with Crippen LogP contribution in [-0.4, -0.2) is 11.4 Å². The van der Waals surface area contributed by atoms with Crippen molar-refractivity contribution < 1.29 is 0 Å². The number of aryl methyl sites for hydroxylation is 1. The van der Waals surface area contributed by atoms with Crippen LogP contribution in [0.4, 0.5) is 11.4 Å². The fraction of sp³-hybridized carbons (Fsp3) is 0.313. The van der Waals surface area contributed by atoms with Crippen molar-refractivity contribution >= 4 is 93.2 Å². The number of hydrogen-bond donors (Lipinski definition) is 0. The molecule has 2 nitrogen and oxygen atoms in total. The standard InChI is InChI=1S/C67H57BN2S/c1-38-23-55-62-58(17-18-60-63(62)54-29-43-9-5-6-10-44(43)30-61(54)71-60)70(51-14-11-42(12-15-51)41-7-3-2-4-8-41)68-56-33-50(67-22-20-46-26-40(35-67)28-48(46)37-67)32-53-52-31-49(66-21-19-45-25-39(34-66)27-47(45)36-66)13-16-57(52)69(65(53)56)59(24-38)64(55)68/h2-18,23-24,29-33,39-40,45-48H,19-22,25-28,34-37H2,1H3. The molecular weight excluding hydrogens is 876 g/mol. The zero-order valence-electron chi connectivity index (χ0n) is 40.7. The van der Waals surface area contributed by atoms with E-state index >= 15 is 0 Å². The van der Waals surface area contributed by atoms with Gasteiger partial charge in [-0.2, -0.15) is 0 Å². The predicted molar refractivity (Wildman–Crippen MR) is 300 cm³/mol. The molecule has 10 aromatic rings. The Hall–Kier alpha value is -6.10. The normalized spacial score (nSPS) is 28.3. The van der Waals surface area contributed by atoms with Gasteiger partial charge in [-0.25, -0.2) is 0 Å². The van der Waals surface area contributed by atoms with Crippen LogP contribution in [0.3, 0.4) is 0 Å². The van der Waals surface area contributed by atoms with Crippen LogP contribution in [-0.2, 0) is 10.8 Å². The van der Waals surface area contributed by atoms with Crippen molar-refractivity contribution in [2.24, 2.45) is 35.5 Å². The van der Waals surface area contributed by atoms with Crippen LogP contribution in [0.25, 0.3) is 80.7 Å². The maximum absolute atomic E-state index is 2.82. The minimum atomic E-state index is 0.00785. The number of fused-ring (bicyclic) bond motifs is 16. The van der Waals surface area contributed by atoms with Gasteiger partial charge in [0, 0.05) is 53.6 Å². The van der Waals surface area contributed by atoms with Crippen molar-refractivity contribution in [2.45, 2.75) is 94.8 Å². The summed E-state index contributed by atoms with van der Waals surface area (Å²) in [6, 6.07) is 58.2. The fourth-order valence-electron chi connectivity index (χ4n) is 18.6. The predicted octanol–water partition coefficient (Wildman–Crippen LogP) is 16.5. The summed E-state index contributed by atoms with van der Waals surface area (Å²) in [5, 5.41) is 8.42. The van der Waals surface area contributed by atoms with E-state index in [9.17, 15) is 0 Å². The van der Waals surface area contributed by atoms with E-state index in [0.717, 1.165) is 35.5 Å². The average molecular weight is 933 g/mol. The molecule has 0 amide bonds. The summed E-state index contributed by atoms with van der Waals surface area (Å²) in [7, 11) is 0. The van der Waals surface area contributed by atoms with Crippen LogP contribution in [0, 0.1) is 42.4 Å². The Bertz CT molecular complexity index is 3980. The molecule has 8 atom stereocenters. The fourth-order valence-corrected chi connectivity index (χ4v) is 19.8. The molecule has 344 valence electrons. The summed E-state index contributed by atoms with van der Waals surface area (Å²) in [5.41, 5.74) is 20.4. The highest BCUT2D eigenvalue weighted by Gasteiger charge is 2.55.